The van der Waals surface area contributed by atoms with Crippen molar-refractivity contribution in [3.8, 4) is 17.1 Å². The Labute approximate surface area is 154 Å². The van der Waals surface area contributed by atoms with Gasteiger partial charge in [0.15, 0.2) is 0 Å². The predicted octanol–water partition coefficient (Wildman–Crippen LogP) is 3.58. The van der Waals surface area contributed by atoms with Gasteiger partial charge in [-0.05, 0) is 24.3 Å². The van der Waals surface area contributed by atoms with Crippen molar-refractivity contribution in [1.29, 1.82) is 0 Å². The summed E-state index contributed by atoms with van der Waals surface area (Å²) in [7, 11) is 1.62. The first-order valence-corrected chi connectivity index (χ1v) is 8.26. The Morgan fingerprint density at radius 2 is 2.00 bits per heavy atom. The predicted molar refractivity (Wildman–Crippen MR) is 91.1 cm³/mol. The van der Waals surface area contributed by atoms with Gasteiger partial charge in [-0.1, -0.05) is 17.3 Å². The SMILES string of the molecule is COCCN(Cc1ccco1)Cc1nc(-c2ccccc2OC(F)F)no1. The van der Waals surface area contributed by atoms with Gasteiger partial charge < -0.3 is 18.4 Å². The van der Waals surface area contributed by atoms with Crippen molar-refractivity contribution in [2.24, 2.45) is 0 Å². The van der Waals surface area contributed by atoms with E-state index in [1.807, 2.05) is 17.0 Å². The van der Waals surface area contributed by atoms with Crippen LogP contribution in [0.2, 0.25) is 0 Å². The lowest BCUT2D eigenvalue weighted by molar-refractivity contribution is -0.0494. The molecule has 2 heterocycles. The molecule has 0 saturated carbocycles. The summed E-state index contributed by atoms with van der Waals surface area (Å²) in [5.74, 6) is 1.32. The zero-order chi connectivity index (χ0) is 19.1. The lowest BCUT2D eigenvalue weighted by Gasteiger charge is -2.18. The molecule has 0 N–H and O–H groups in total. The Hall–Kier alpha value is -2.78. The number of ether oxygens (including phenoxy) is 2. The van der Waals surface area contributed by atoms with E-state index < -0.39 is 6.61 Å². The topological polar surface area (TPSA) is 73.8 Å². The molecule has 1 aromatic carbocycles. The minimum Gasteiger partial charge on any atom is -0.468 e. The van der Waals surface area contributed by atoms with E-state index in [9.17, 15) is 8.78 Å². The summed E-state index contributed by atoms with van der Waals surface area (Å²) in [5, 5.41) is 3.89. The summed E-state index contributed by atoms with van der Waals surface area (Å²) < 4.78 is 45.5. The fourth-order valence-electron chi connectivity index (χ4n) is 2.53. The molecule has 3 aromatic rings. The van der Waals surface area contributed by atoms with Gasteiger partial charge in [-0.25, -0.2) is 0 Å². The third-order valence-electron chi connectivity index (χ3n) is 3.74. The molecular formula is C18H19F2N3O4. The van der Waals surface area contributed by atoms with Crippen LogP contribution in [-0.2, 0) is 17.8 Å². The second kappa shape index (κ2) is 9.24. The first-order chi connectivity index (χ1) is 13.2. The molecule has 3 rings (SSSR count). The quantitative estimate of drug-likeness (QED) is 0.533. The van der Waals surface area contributed by atoms with Crippen LogP contribution in [-0.4, -0.2) is 41.9 Å². The summed E-state index contributed by atoms with van der Waals surface area (Å²) >= 11 is 0. The molecular weight excluding hydrogens is 360 g/mol. The largest absolute Gasteiger partial charge is 0.468 e. The van der Waals surface area contributed by atoms with Gasteiger partial charge in [-0.15, -0.1) is 0 Å². The maximum Gasteiger partial charge on any atom is 0.387 e. The maximum atomic E-state index is 12.6. The number of aromatic nitrogens is 2. The van der Waals surface area contributed by atoms with E-state index in [1.54, 1.807) is 31.6 Å². The van der Waals surface area contributed by atoms with Gasteiger partial charge in [0.1, 0.15) is 11.5 Å². The molecule has 144 valence electrons. The van der Waals surface area contributed by atoms with Crippen LogP contribution in [0.4, 0.5) is 8.78 Å². The molecule has 0 aliphatic heterocycles. The van der Waals surface area contributed by atoms with E-state index in [1.165, 1.54) is 6.07 Å². The molecule has 27 heavy (non-hydrogen) atoms. The van der Waals surface area contributed by atoms with E-state index in [0.717, 1.165) is 5.76 Å². The Morgan fingerprint density at radius 1 is 1.15 bits per heavy atom. The van der Waals surface area contributed by atoms with Gasteiger partial charge in [0.05, 0.1) is 31.5 Å². The lowest BCUT2D eigenvalue weighted by atomic mass is 10.2. The van der Waals surface area contributed by atoms with E-state index in [2.05, 4.69) is 14.9 Å². The summed E-state index contributed by atoms with van der Waals surface area (Å²) in [6, 6.07) is 9.99. The maximum absolute atomic E-state index is 12.6. The molecule has 0 aliphatic rings. The highest BCUT2D eigenvalue weighted by atomic mass is 19.3. The van der Waals surface area contributed by atoms with Crippen molar-refractivity contribution in [1.82, 2.24) is 15.0 Å². The molecule has 2 aromatic heterocycles. The summed E-state index contributed by atoms with van der Waals surface area (Å²) in [6.45, 7) is -0.892. The first kappa shape index (κ1) is 19.0. The Balaban J connectivity index is 1.74. The Kier molecular flexibility index (Phi) is 6.50. The Bertz CT molecular complexity index is 824. The molecule has 0 spiro atoms. The summed E-state index contributed by atoms with van der Waals surface area (Å²) in [4.78, 5) is 6.32. The smallest absolute Gasteiger partial charge is 0.387 e. The van der Waals surface area contributed by atoms with E-state index in [4.69, 9.17) is 13.7 Å². The van der Waals surface area contributed by atoms with Crippen LogP contribution < -0.4 is 4.74 Å². The van der Waals surface area contributed by atoms with Crippen molar-refractivity contribution in [3.63, 3.8) is 0 Å². The molecule has 0 bridgehead atoms. The van der Waals surface area contributed by atoms with Crippen LogP contribution >= 0.6 is 0 Å². The Morgan fingerprint density at radius 3 is 2.74 bits per heavy atom. The average molecular weight is 379 g/mol. The standard InChI is InChI=1S/C18H19F2N3O4/c1-24-10-8-23(11-13-5-4-9-25-13)12-16-21-17(22-27-16)14-6-2-3-7-15(14)26-18(19)20/h2-7,9,18H,8,10-12H2,1H3. The molecule has 0 saturated heterocycles. The third-order valence-corrected chi connectivity index (χ3v) is 3.74. The molecule has 0 unspecified atom stereocenters. The normalized spacial score (nSPS) is 11.4. The highest BCUT2D eigenvalue weighted by Crippen LogP contribution is 2.29. The molecule has 0 radical (unpaired) electrons. The van der Waals surface area contributed by atoms with Crippen LogP contribution in [0.15, 0.2) is 51.6 Å². The van der Waals surface area contributed by atoms with Gasteiger partial charge in [-0.2, -0.15) is 13.8 Å². The molecule has 0 fully saturated rings. The number of rotatable bonds is 10. The van der Waals surface area contributed by atoms with Gasteiger partial charge in [0.2, 0.25) is 11.7 Å². The van der Waals surface area contributed by atoms with Crippen molar-refractivity contribution < 1.29 is 27.2 Å². The third kappa shape index (κ3) is 5.35. The number of hydrogen-bond acceptors (Lipinski definition) is 7. The fourth-order valence-corrected chi connectivity index (χ4v) is 2.53. The molecule has 0 atom stereocenters. The molecule has 0 aliphatic carbocycles. The van der Waals surface area contributed by atoms with Gasteiger partial charge in [0, 0.05) is 13.7 Å². The van der Waals surface area contributed by atoms with Crippen LogP contribution in [0, 0.1) is 0 Å². The number of furan rings is 1. The van der Waals surface area contributed by atoms with Crippen molar-refractivity contribution in [2.75, 3.05) is 20.3 Å². The number of halogens is 2. The first-order valence-electron chi connectivity index (χ1n) is 8.26. The summed E-state index contributed by atoms with van der Waals surface area (Å²) in [5.41, 5.74) is 0.335. The van der Waals surface area contributed by atoms with Crippen molar-refractivity contribution in [2.45, 2.75) is 19.7 Å². The highest BCUT2D eigenvalue weighted by Gasteiger charge is 2.18. The summed E-state index contributed by atoms with van der Waals surface area (Å²) in [6.07, 6.45) is 1.61. The van der Waals surface area contributed by atoms with Crippen molar-refractivity contribution >= 4 is 0 Å². The van der Waals surface area contributed by atoms with E-state index in [-0.39, 0.29) is 11.6 Å². The molecule has 0 amide bonds. The van der Waals surface area contributed by atoms with E-state index >= 15 is 0 Å². The fraction of sp³-hybridized carbons (Fsp3) is 0.333. The number of benzene rings is 1. The lowest BCUT2D eigenvalue weighted by Crippen LogP contribution is -2.26. The number of para-hydroxylation sites is 1. The second-order valence-corrected chi connectivity index (χ2v) is 5.67. The monoisotopic (exact) mass is 379 g/mol. The molecule has 7 nitrogen and oxygen atoms in total. The van der Waals surface area contributed by atoms with Crippen LogP contribution in [0.1, 0.15) is 11.7 Å². The minimum atomic E-state index is -2.93. The van der Waals surface area contributed by atoms with Gasteiger partial charge >= 0.3 is 6.61 Å². The zero-order valence-electron chi connectivity index (χ0n) is 14.7. The van der Waals surface area contributed by atoms with Crippen molar-refractivity contribution in [3.05, 3.63) is 54.3 Å². The number of hydrogen-bond donors (Lipinski definition) is 0. The van der Waals surface area contributed by atoms with Gasteiger partial charge in [-0.3, -0.25) is 4.90 Å². The van der Waals surface area contributed by atoms with Crippen LogP contribution in [0.25, 0.3) is 11.4 Å². The number of methoxy groups -OCH3 is 1. The zero-order valence-corrected chi connectivity index (χ0v) is 14.7. The van der Waals surface area contributed by atoms with Crippen LogP contribution in [0.3, 0.4) is 0 Å². The molecule has 9 heteroatoms. The highest BCUT2D eigenvalue weighted by molar-refractivity contribution is 5.63. The number of nitrogens with zero attached hydrogens (tertiary/aromatic N) is 3. The minimum absolute atomic E-state index is 0.00771. The average Bonchev–Trinajstić information content (AvgIpc) is 3.32. The number of alkyl halides is 2. The van der Waals surface area contributed by atoms with Gasteiger partial charge in [0.25, 0.3) is 0 Å². The van der Waals surface area contributed by atoms with E-state index in [0.29, 0.717) is 37.7 Å². The van der Waals surface area contributed by atoms with Crippen LogP contribution in [0.5, 0.6) is 5.75 Å². The second-order valence-electron chi connectivity index (χ2n) is 5.67.